The number of nitrogens with two attached hydrogens (primary N) is 1. The summed E-state index contributed by atoms with van der Waals surface area (Å²) in [5.41, 5.74) is 7.54. The van der Waals surface area contributed by atoms with Crippen molar-refractivity contribution < 1.29 is 9.53 Å². The predicted molar refractivity (Wildman–Crippen MR) is 71.9 cm³/mol. The van der Waals surface area contributed by atoms with Crippen molar-refractivity contribution in [3.8, 4) is 5.75 Å². The van der Waals surface area contributed by atoms with Gasteiger partial charge in [-0.2, -0.15) is 0 Å². The topological polar surface area (TPSA) is 67.6 Å². The van der Waals surface area contributed by atoms with Crippen molar-refractivity contribution in [2.24, 2.45) is 0 Å². The summed E-state index contributed by atoms with van der Waals surface area (Å²) in [6, 6.07) is 5.75. The van der Waals surface area contributed by atoms with Crippen LogP contribution < -0.4 is 20.7 Å². The van der Waals surface area contributed by atoms with Gasteiger partial charge in [0.1, 0.15) is 5.75 Å². The third kappa shape index (κ3) is 2.85. The number of anilines is 2. The maximum Gasteiger partial charge on any atom is 0.221 e. The molecule has 1 fully saturated rings. The second kappa shape index (κ2) is 5.62. The number of carbonyl (C=O) groups is 1. The van der Waals surface area contributed by atoms with E-state index in [1.807, 2.05) is 25.1 Å². The SMILES string of the molecule is CCOc1cc(N2CCNC(=O)CC2)ccc1N. The summed E-state index contributed by atoms with van der Waals surface area (Å²) in [6.07, 6.45) is 0.522. The Labute approximate surface area is 107 Å². The molecule has 5 heteroatoms. The molecule has 2 rings (SSSR count). The van der Waals surface area contributed by atoms with Crippen molar-refractivity contribution in [3.05, 3.63) is 18.2 Å². The molecule has 0 spiro atoms. The largest absolute Gasteiger partial charge is 0.492 e. The first-order chi connectivity index (χ1) is 8.70. The number of hydrogen-bond donors (Lipinski definition) is 2. The van der Waals surface area contributed by atoms with E-state index >= 15 is 0 Å². The van der Waals surface area contributed by atoms with Crippen molar-refractivity contribution >= 4 is 17.3 Å². The van der Waals surface area contributed by atoms with Gasteiger partial charge in [0, 0.05) is 37.8 Å². The Balaban J connectivity index is 2.16. The molecule has 1 aromatic carbocycles. The molecular formula is C13H19N3O2. The number of nitrogens with one attached hydrogen (secondary N) is 1. The molecule has 0 unspecified atom stereocenters. The first-order valence-electron chi connectivity index (χ1n) is 6.24. The summed E-state index contributed by atoms with van der Waals surface area (Å²) in [5.74, 6) is 0.816. The molecule has 18 heavy (non-hydrogen) atoms. The van der Waals surface area contributed by atoms with E-state index in [4.69, 9.17) is 10.5 Å². The first-order valence-corrected chi connectivity index (χ1v) is 6.24. The molecule has 0 radical (unpaired) electrons. The van der Waals surface area contributed by atoms with Crippen LogP contribution in [0.15, 0.2) is 18.2 Å². The summed E-state index contributed by atoms with van der Waals surface area (Å²) in [7, 11) is 0. The van der Waals surface area contributed by atoms with Crippen LogP contribution in [0.3, 0.4) is 0 Å². The Hall–Kier alpha value is -1.91. The van der Waals surface area contributed by atoms with Gasteiger partial charge in [0.05, 0.1) is 12.3 Å². The monoisotopic (exact) mass is 249 g/mol. The zero-order valence-electron chi connectivity index (χ0n) is 10.6. The zero-order chi connectivity index (χ0) is 13.0. The maximum atomic E-state index is 11.3. The van der Waals surface area contributed by atoms with Crippen LogP contribution in [0.2, 0.25) is 0 Å². The van der Waals surface area contributed by atoms with Gasteiger partial charge in [-0.1, -0.05) is 0 Å². The van der Waals surface area contributed by atoms with E-state index in [1.54, 1.807) is 0 Å². The number of nitrogen functional groups attached to an aromatic ring is 1. The summed E-state index contributed by atoms with van der Waals surface area (Å²) >= 11 is 0. The molecule has 0 aliphatic carbocycles. The minimum Gasteiger partial charge on any atom is -0.492 e. The van der Waals surface area contributed by atoms with E-state index in [0.29, 0.717) is 31.0 Å². The van der Waals surface area contributed by atoms with E-state index < -0.39 is 0 Å². The van der Waals surface area contributed by atoms with Crippen LogP contribution in [0.5, 0.6) is 5.75 Å². The van der Waals surface area contributed by atoms with Gasteiger partial charge in [-0.05, 0) is 19.1 Å². The van der Waals surface area contributed by atoms with Gasteiger partial charge in [-0.25, -0.2) is 0 Å². The molecule has 0 saturated carbocycles. The minimum absolute atomic E-state index is 0.109. The number of ether oxygens (including phenoxy) is 1. The van der Waals surface area contributed by atoms with Crippen LogP contribution in [0.1, 0.15) is 13.3 Å². The highest BCUT2D eigenvalue weighted by Gasteiger charge is 2.14. The summed E-state index contributed by atoms with van der Waals surface area (Å²) in [4.78, 5) is 13.5. The number of hydrogen-bond acceptors (Lipinski definition) is 4. The van der Waals surface area contributed by atoms with Crippen LogP contribution in [-0.4, -0.2) is 32.1 Å². The number of nitrogens with zero attached hydrogens (tertiary/aromatic N) is 1. The number of carbonyl (C=O) groups excluding carboxylic acids is 1. The smallest absolute Gasteiger partial charge is 0.221 e. The number of amides is 1. The van der Waals surface area contributed by atoms with Crippen molar-refractivity contribution in [3.63, 3.8) is 0 Å². The lowest BCUT2D eigenvalue weighted by atomic mass is 10.2. The Bertz CT molecular complexity index is 434. The van der Waals surface area contributed by atoms with Gasteiger partial charge >= 0.3 is 0 Å². The third-order valence-electron chi connectivity index (χ3n) is 2.97. The molecule has 0 atom stereocenters. The molecule has 1 saturated heterocycles. The van der Waals surface area contributed by atoms with Crippen LogP contribution in [-0.2, 0) is 4.79 Å². The van der Waals surface area contributed by atoms with E-state index in [-0.39, 0.29) is 5.91 Å². The fourth-order valence-corrected chi connectivity index (χ4v) is 2.03. The van der Waals surface area contributed by atoms with Crippen molar-refractivity contribution in [1.82, 2.24) is 5.32 Å². The molecule has 1 aromatic rings. The molecule has 5 nitrogen and oxygen atoms in total. The Morgan fingerprint density at radius 1 is 1.44 bits per heavy atom. The van der Waals surface area contributed by atoms with E-state index in [0.717, 1.165) is 18.8 Å². The van der Waals surface area contributed by atoms with Gasteiger partial charge in [-0.15, -0.1) is 0 Å². The van der Waals surface area contributed by atoms with Crippen LogP contribution in [0.25, 0.3) is 0 Å². The van der Waals surface area contributed by atoms with E-state index in [1.165, 1.54) is 0 Å². The normalized spacial score (nSPS) is 16.1. The lowest BCUT2D eigenvalue weighted by Crippen LogP contribution is -2.28. The summed E-state index contributed by atoms with van der Waals surface area (Å²) in [6.45, 7) is 4.73. The number of benzene rings is 1. The standard InChI is InChI=1S/C13H19N3O2/c1-2-18-12-9-10(3-4-11(12)14)16-7-5-13(17)15-6-8-16/h3-4,9H,2,5-8,14H2,1H3,(H,15,17). The molecule has 1 heterocycles. The van der Waals surface area contributed by atoms with Gasteiger partial charge < -0.3 is 20.7 Å². The Morgan fingerprint density at radius 2 is 2.28 bits per heavy atom. The molecule has 1 aliphatic rings. The van der Waals surface area contributed by atoms with E-state index in [9.17, 15) is 4.79 Å². The summed E-state index contributed by atoms with van der Waals surface area (Å²) < 4.78 is 5.49. The predicted octanol–water partition coefficient (Wildman–Crippen LogP) is 0.994. The average molecular weight is 249 g/mol. The summed E-state index contributed by atoms with van der Waals surface area (Å²) in [5, 5.41) is 2.86. The molecule has 0 aromatic heterocycles. The molecule has 3 N–H and O–H groups in total. The maximum absolute atomic E-state index is 11.3. The highest BCUT2D eigenvalue weighted by atomic mass is 16.5. The fraction of sp³-hybridized carbons (Fsp3) is 0.462. The zero-order valence-corrected chi connectivity index (χ0v) is 10.6. The van der Waals surface area contributed by atoms with Gasteiger partial charge in [0.15, 0.2) is 0 Å². The van der Waals surface area contributed by atoms with Gasteiger partial charge in [0.25, 0.3) is 0 Å². The van der Waals surface area contributed by atoms with Crippen LogP contribution >= 0.6 is 0 Å². The quantitative estimate of drug-likeness (QED) is 0.784. The second-order valence-corrected chi connectivity index (χ2v) is 4.24. The van der Waals surface area contributed by atoms with Crippen LogP contribution in [0, 0.1) is 0 Å². The molecule has 1 aliphatic heterocycles. The average Bonchev–Trinajstić information content (AvgIpc) is 2.57. The van der Waals surface area contributed by atoms with Crippen molar-refractivity contribution in [2.45, 2.75) is 13.3 Å². The lowest BCUT2D eigenvalue weighted by molar-refractivity contribution is -0.120. The van der Waals surface area contributed by atoms with Crippen LogP contribution in [0.4, 0.5) is 11.4 Å². The number of rotatable bonds is 3. The van der Waals surface area contributed by atoms with Gasteiger partial charge in [-0.3, -0.25) is 4.79 Å². The fourth-order valence-electron chi connectivity index (χ4n) is 2.03. The molecular weight excluding hydrogens is 230 g/mol. The van der Waals surface area contributed by atoms with Crippen molar-refractivity contribution in [2.75, 3.05) is 36.9 Å². The minimum atomic E-state index is 0.109. The van der Waals surface area contributed by atoms with Crippen molar-refractivity contribution in [1.29, 1.82) is 0 Å². The second-order valence-electron chi connectivity index (χ2n) is 4.24. The molecule has 98 valence electrons. The Kier molecular flexibility index (Phi) is 3.92. The van der Waals surface area contributed by atoms with Gasteiger partial charge in [0.2, 0.25) is 5.91 Å². The Morgan fingerprint density at radius 3 is 3.06 bits per heavy atom. The highest BCUT2D eigenvalue weighted by molar-refractivity contribution is 5.77. The molecule has 1 amide bonds. The lowest BCUT2D eigenvalue weighted by Gasteiger charge is -2.22. The third-order valence-corrected chi connectivity index (χ3v) is 2.97. The molecule has 0 bridgehead atoms. The first kappa shape index (κ1) is 12.5. The highest BCUT2D eigenvalue weighted by Crippen LogP contribution is 2.28. The van der Waals surface area contributed by atoms with E-state index in [2.05, 4.69) is 10.2 Å².